The van der Waals surface area contributed by atoms with E-state index < -0.39 is 36.4 Å². The van der Waals surface area contributed by atoms with Gasteiger partial charge in [0, 0.05) is 50.4 Å². The number of carbonyl (C=O) groups is 3. The van der Waals surface area contributed by atoms with Crippen LogP contribution in [0.4, 0.5) is 0 Å². The van der Waals surface area contributed by atoms with Crippen molar-refractivity contribution in [2.45, 2.75) is 83.7 Å². The molecule has 222 valence electrons. The van der Waals surface area contributed by atoms with Crippen LogP contribution in [0.3, 0.4) is 0 Å². The molecule has 0 saturated carbocycles. The van der Waals surface area contributed by atoms with Crippen LogP contribution in [0.1, 0.15) is 69.2 Å². The van der Waals surface area contributed by atoms with E-state index in [2.05, 4.69) is 11.8 Å². The Morgan fingerprint density at radius 3 is 2.51 bits per heavy atom. The number of rotatable bonds is 8. The van der Waals surface area contributed by atoms with Crippen LogP contribution in [0.25, 0.3) is 11.0 Å². The molecule has 2 aromatic rings. The molecule has 4 heterocycles. The Morgan fingerprint density at radius 2 is 1.83 bits per heavy atom. The van der Waals surface area contributed by atoms with E-state index in [0.29, 0.717) is 17.4 Å². The highest BCUT2D eigenvalue weighted by Crippen LogP contribution is 2.40. The molecule has 5 rings (SSSR count). The van der Waals surface area contributed by atoms with Crippen LogP contribution in [-0.4, -0.2) is 82.8 Å². The third-order valence-electron chi connectivity index (χ3n) is 7.85. The van der Waals surface area contributed by atoms with Crippen molar-refractivity contribution in [3.63, 3.8) is 0 Å². The lowest BCUT2D eigenvalue weighted by molar-refractivity contribution is -0.203. The molecule has 0 spiro atoms. The fourth-order valence-corrected chi connectivity index (χ4v) is 6.15. The van der Waals surface area contributed by atoms with E-state index in [9.17, 15) is 14.4 Å². The number of fused-ring (bicyclic) bond motifs is 3. The van der Waals surface area contributed by atoms with Crippen molar-refractivity contribution in [1.82, 2.24) is 19.7 Å². The number of hydrogen-bond acceptors (Lipinski definition) is 11. The van der Waals surface area contributed by atoms with Crippen molar-refractivity contribution >= 4 is 28.9 Å². The topological polar surface area (TPSA) is 131 Å². The minimum Gasteiger partial charge on any atom is -0.463 e. The molecule has 41 heavy (non-hydrogen) atoms. The third-order valence-corrected chi connectivity index (χ3v) is 7.85. The van der Waals surface area contributed by atoms with Gasteiger partial charge in [0.05, 0.1) is 12.8 Å². The van der Waals surface area contributed by atoms with Crippen LogP contribution in [-0.2, 0) is 53.2 Å². The number of pyridine rings is 1. The Bertz CT molecular complexity index is 1370. The minimum absolute atomic E-state index is 0.220. The summed E-state index contributed by atoms with van der Waals surface area (Å²) in [7, 11) is 3.09. The number of methoxy groups -OCH3 is 1. The number of likely N-dealkylation sites (tertiary alicyclic amines) is 1. The smallest absolute Gasteiger partial charge is 0.373 e. The Labute approximate surface area is 238 Å². The lowest BCUT2D eigenvalue weighted by atomic mass is 9.88. The molecule has 0 aromatic carbocycles. The van der Waals surface area contributed by atoms with Crippen LogP contribution >= 0.6 is 0 Å². The molecule has 0 unspecified atom stereocenters. The maximum atomic E-state index is 12.4. The summed E-state index contributed by atoms with van der Waals surface area (Å²) in [5.74, 6) is -1.62. The van der Waals surface area contributed by atoms with Gasteiger partial charge < -0.3 is 28.6 Å². The third kappa shape index (κ3) is 5.88. The van der Waals surface area contributed by atoms with Crippen molar-refractivity contribution < 1.29 is 38.1 Å². The molecule has 12 nitrogen and oxygen atoms in total. The maximum Gasteiger partial charge on any atom is 0.373 e. The molecule has 0 radical (unpaired) electrons. The fraction of sp³-hybridized carbons (Fsp3) is 0.621. The number of esters is 3. The summed E-state index contributed by atoms with van der Waals surface area (Å²) in [6, 6.07) is 0. The van der Waals surface area contributed by atoms with Crippen molar-refractivity contribution in [3.05, 3.63) is 28.7 Å². The molecular formula is C29H38N4O8. The maximum absolute atomic E-state index is 12.4. The normalized spacial score (nSPS) is 24.3. The molecule has 0 amide bonds. The SMILES string of the molecule is CCCN1CC[C@H](c2nn(C)c3nc(O[C@@H]4OC(C(=O)OC)=C[C@H](OC(C)=O)[C@H]4OC(C)=O)c4c(c23)CCCC4)C1. The van der Waals surface area contributed by atoms with Crippen molar-refractivity contribution in [2.24, 2.45) is 7.05 Å². The zero-order chi connectivity index (χ0) is 29.3. The van der Waals surface area contributed by atoms with Gasteiger partial charge >= 0.3 is 17.9 Å². The summed E-state index contributed by atoms with van der Waals surface area (Å²) in [6.07, 6.45) is 3.37. The van der Waals surface area contributed by atoms with E-state index >= 15 is 0 Å². The van der Waals surface area contributed by atoms with E-state index in [1.54, 1.807) is 4.68 Å². The predicted octanol–water partition coefficient (Wildman–Crippen LogP) is 2.70. The first-order chi connectivity index (χ1) is 19.7. The van der Waals surface area contributed by atoms with Gasteiger partial charge in [-0.05, 0) is 57.2 Å². The molecular weight excluding hydrogens is 532 g/mol. The molecule has 12 heteroatoms. The summed E-state index contributed by atoms with van der Waals surface area (Å²) in [5, 5.41) is 6.04. The molecule has 4 atom stereocenters. The number of nitrogens with zero attached hydrogens (tertiary/aromatic N) is 4. The number of aryl methyl sites for hydroxylation is 2. The summed E-state index contributed by atoms with van der Waals surface area (Å²) >= 11 is 0. The summed E-state index contributed by atoms with van der Waals surface area (Å²) in [4.78, 5) is 43.8. The molecule has 1 fully saturated rings. The summed E-state index contributed by atoms with van der Waals surface area (Å²) < 4.78 is 29.7. The minimum atomic E-state index is -1.33. The van der Waals surface area contributed by atoms with Crippen LogP contribution in [0.5, 0.6) is 5.88 Å². The van der Waals surface area contributed by atoms with E-state index in [-0.39, 0.29) is 5.76 Å². The standard InChI is InChI=1S/C29H38N4O8/c1-6-12-33-13-11-18(15-33)24-23-19-9-7-8-10-20(19)27(30-26(23)32(4)31-24)41-29-25(39-17(3)35)21(38-16(2)34)14-22(40-29)28(36)37-5/h14,18,21,25,29H,6-13,15H2,1-5H3/t18-,21-,25+,29-/m0/s1. The van der Waals surface area contributed by atoms with E-state index in [1.165, 1.54) is 27.0 Å². The van der Waals surface area contributed by atoms with Crippen LogP contribution < -0.4 is 4.74 Å². The highest BCUT2D eigenvalue weighted by atomic mass is 16.7. The van der Waals surface area contributed by atoms with Gasteiger partial charge in [-0.3, -0.25) is 14.3 Å². The molecule has 1 aliphatic carbocycles. The first-order valence-corrected chi connectivity index (χ1v) is 14.3. The van der Waals surface area contributed by atoms with Gasteiger partial charge in [0.15, 0.2) is 11.8 Å². The molecule has 3 aliphatic rings. The van der Waals surface area contributed by atoms with Gasteiger partial charge in [0.1, 0.15) is 0 Å². The van der Waals surface area contributed by atoms with Gasteiger partial charge in [-0.2, -0.15) is 10.1 Å². The first-order valence-electron chi connectivity index (χ1n) is 14.3. The Morgan fingerprint density at radius 1 is 1.10 bits per heavy atom. The number of carbonyl (C=O) groups excluding carboxylic acids is 3. The first kappa shape index (κ1) is 28.8. The average Bonchev–Trinajstić information content (AvgIpc) is 3.53. The molecule has 1 saturated heterocycles. The van der Waals surface area contributed by atoms with Gasteiger partial charge in [0.2, 0.25) is 17.7 Å². The second-order valence-electron chi connectivity index (χ2n) is 10.8. The summed E-state index contributed by atoms with van der Waals surface area (Å²) in [6.45, 7) is 7.77. The van der Waals surface area contributed by atoms with Crippen LogP contribution in [0, 0.1) is 0 Å². The van der Waals surface area contributed by atoms with E-state index in [0.717, 1.165) is 80.4 Å². The number of ether oxygens (including phenoxy) is 5. The molecule has 0 N–H and O–H groups in total. The van der Waals surface area contributed by atoms with Gasteiger partial charge in [-0.15, -0.1) is 0 Å². The number of hydrogen-bond donors (Lipinski definition) is 0. The highest BCUT2D eigenvalue weighted by molar-refractivity contribution is 5.87. The van der Waals surface area contributed by atoms with Gasteiger partial charge in [-0.25, -0.2) is 4.79 Å². The largest absolute Gasteiger partial charge is 0.463 e. The summed E-state index contributed by atoms with van der Waals surface area (Å²) in [5.41, 5.74) is 3.89. The van der Waals surface area contributed by atoms with E-state index in [1.807, 2.05) is 7.05 Å². The van der Waals surface area contributed by atoms with Crippen molar-refractivity contribution in [3.8, 4) is 5.88 Å². The lowest BCUT2D eigenvalue weighted by Gasteiger charge is -2.35. The monoisotopic (exact) mass is 570 g/mol. The molecule has 2 aliphatic heterocycles. The van der Waals surface area contributed by atoms with Crippen LogP contribution in [0.15, 0.2) is 11.8 Å². The second-order valence-corrected chi connectivity index (χ2v) is 10.8. The molecule has 0 bridgehead atoms. The fourth-order valence-electron chi connectivity index (χ4n) is 6.15. The van der Waals surface area contributed by atoms with Gasteiger partial charge in [0.25, 0.3) is 6.29 Å². The second kappa shape index (κ2) is 12.1. The van der Waals surface area contributed by atoms with Crippen LogP contribution in [0.2, 0.25) is 0 Å². The average molecular weight is 571 g/mol. The number of aromatic nitrogens is 3. The van der Waals surface area contributed by atoms with Gasteiger partial charge in [-0.1, -0.05) is 6.92 Å². The quantitative estimate of drug-likeness (QED) is 0.343. The zero-order valence-electron chi connectivity index (χ0n) is 24.3. The Balaban J connectivity index is 1.55. The Kier molecular flexibility index (Phi) is 8.48. The Hall–Kier alpha value is -3.67. The van der Waals surface area contributed by atoms with Crippen molar-refractivity contribution in [1.29, 1.82) is 0 Å². The molecule has 2 aromatic heterocycles. The van der Waals surface area contributed by atoms with Crippen molar-refractivity contribution in [2.75, 3.05) is 26.7 Å². The lowest BCUT2D eigenvalue weighted by Crippen LogP contribution is -2.50. The zero-order valence-corrected chi connectivity index (χ0v) is 24.3. The predicted molar refractivity (Wildman–Crippen MR) is 146 cm³/mol. The highest BCUT2D eigenvalue weighted by Gasteiger charge is 2.44. The van der Waals surface area contributed by atoms with E-state index in [4.69, 9.17) is 33.8 Å².